The summed E-state index contributed by atoms with van der Waals surface area (Å²) < 4.78 is 76.7. The van der Waals surface area contributed by atoms with Crippen molar-refractivity contribution in [2.24, 2.45) is 23.7 Å². The van der Waals surface area contributed by atoms with Gasteiger partial charge in [0.2, 0.25) is 11.8 Å². The monoisotopic (exact) mass is 1010 g/mol. The number of nitrogens with zero attached hydrogens (tertiary/aromatic N) is 6. The molecule has 0 aliphatic carbocycles. The number of ether oxygens (including phenoxy) is 2. The maximum Gasteiger partial charge on any atom is 0.407 e. The third-order valence-electron chi connectivity index (χ3n) is 15.3. The Hall–Kier alpha value is -6.60. The third kappa shape index (κ3) is 9.97. The van der Waals surface area contributed by atoms with Gasteiger partial charge in [-0.3, -0.25) is 9.59 Å². The molecule has 0 radical (unpaired) electrons. The van der Waals surface area contributed by atoms with Crippen LogP contribution in [0.25, 0.3) is 22.1 Å². The quantitative estimate of drug-likeness (QED) is 0.0879. The Morgan fingerprint density at radius 3 is 1.44 bits per heavy atom. The van der Waals surface area contributed by atoms with E-state index in [1.165, 1.54) is 38.5 Å². The summed E-state index contributed by atoms with van der Waals surface area (Å²) in [5.74, 6) is -2.57. The number of nitrogens with one attached hydrogen (secondary N) is 4. The predicted octanol–water partition coefficient (Wildman–Crippen LogP) is 9.65. The molecular formula is C53H66F4N10O6. The van der Waals surface area contributed by atoms with Crippen molar-refractivity contribution in [3.8, 4) is 0 Å². The van der Waals surface area contributed by atoms with Gasteiger partial charge in [0.25, 0.3) is 0 Å². The molecular weight excluding hydrogens is 949 g/mol. The van der Waals surface area contributed by atoms with Crippen LogP contribution in [0.1, 0.15) is 133 Å². The number of hydrogen-bond acceptors (Lipinski definition) is 10. The standard InChI is InChI=1S/C53H66F4N10O6/c1-26(2)45(62-52(70)72-7)50(68)65-15-9-11-43(65)48-58-37-20-31(33(54)22-39(37)60-48)41-13-14-42(67(41)30-18-35(56)47(36(57)19-30)64-24-28(5)17-29(6)25-64)32-21-38-40(23-34(32)55)61-49(59-38)44-12-10-16-66(44)51(69)46(27(3)4)63-53(71)73-8/h18-23,26-29,41-46H,9-17,24-25H2,1-8H3,(H,58,60)(H,59,61)(H,62,70)(H,63,71)/t28?,29?,41-,42?,43+,44+,45?,46+/m1/s1. The number of rotatable bonds is 12. The van der Waals surface area contributed by atoms with Crippen molar-refractivity contribution in [3.05, 3.63) is 82.4 Å². The number of hydrogen-bond donors (Lipinski definition) is 4. The molecule has 4 saturated heterocycles. The van der Waals surface area contributed by atoms with E-state index in [1.54, 1.807) is 31.7 Å². The number of methoxy groups -OCH3 is 2. The van der Waals surface area contributed by atoms with E-state index >= 15 is 17.6 Å². The minimum atomic E-state index is -0.853. The number of aromatic nitrogens is 4. The van der Waals surface area contributed by atoms with Crippen LogP contribution >= 0.6 is 0 Å². The molecule has 16 nitrogen and oxygen atoms in total. The van der Waals surface area contributed by atoms with Gasteiger partial charge in [-0.1, -0.05) is 41.5 Å². The number of carbonyl (C=O) groups is 4. The average Bonchev–Trinajstić information content (AvgIpc) is 4.20. The number of imidazole rings is 2. The molecule has 4 unspecified atom stereocenters. The zero-order valence-electron chi connectivity index (χ0n) is 42.7. The topological polar surface area (TPSA) is 181 Å². The average molecular weight is 1020 g/mol. The van der Waals surface area contributed by atoms with Gasteiger partial charge in [0.1, 0.15) is 41.1 Å². The Balaban J connectivity index is 1.08. The van der Waals surface area contributed by atoms with Gasteiger partial charge < -0.3 is 49.7 Å². The number of piperidine rings is 1. The van der Waals surface area contributed by atoms with Crippen LogP contribution in [0.15, 0.2) is 36.4 Å². The molecule has 9 rings (SSSR count). The Morgan fingerprint density at radius 2 is 1.04 bits per heavy atom. The molecule has 73 heavy (non-hydrogen) atoms. The summed E-state index contributed by atoms with van der Waals surface area (Å²) in [6.07, 6.45) is 2.51. The van der Waals surface area contributed by atoms with E-state index in [0.717, 1.165) is 6.42 Å². The summed E-state index contributed by atoms with van der Waals surface area (Å²) in [5, 5.41) is 5.30. The molecule has 392 valence electrons. The number of benzene rings is 3. The molecule has 4 aliphatic rings. The lowest BCUT2D eigenvalue weighted by atomic mass is 9.91. The highest BCUT2D eigenvalue weighted by Crippen LogP contribution is 2.50. The lowest BCUT2D eigenvalue weighted by molar-refractivity contribution is -0.136. The first-order chi connectivity index (χ1) is 34.8. The number of fused-ring (bicyclic) bond motifs is 2. The Labute approximate surface area is 421 Å². The molecule has 4 fully saturated rings. The Bertz CT molecular complexity index is 2720. The number of carbonyl (C=O) groups excluding carboxylic acids is 4. The molecule has 3 aromatic carbocycles. The van der Waals surface area contributed by atoms with Gasteiger partial charge in [0.05, 0.1) is 60.5 Å². The van der Waals surface area contributed by atoms with Crippen LogP contribution < -0.4 is 20.4 Å². The summed E-state index contributed by atoms with van der Waals surface area (Å²) in [7, 11) is 2.46. The van der Waals surface area contributed by atoms with Crippen molar-refractivity contribution in [2.75, 3.05) is 50.2 Å². The maximum atomic E-state index is 16.9. The van der Waals surface area contributed by atoms with E-state index in [2.05, 4.69) is 34.4 Å². The molecule has 4 aliphatic heterocycles. The first-order valence-corrected chi connectivity index (χ1v) is 25.6. The van der Waals surface area contributed by atoms with E-state index in [0.29, 0.717) is 85.6 Å². The molecule has 5 aromatic rings. The fraction of sp³-hybridized carbons (Fsp3) is 0.547. The SMILES string of the molecule is COC(=O)NC(C(=O)N1CCC[C@H]1c1nc2cc([C@H]3CCC(c4cc5nc([C@@H]6CCCN6C(=O)[C@@H](NC(=O)OC)C(C)C)[nH]c5cc4F)N3c3cc(F)c(N4CC(C)CC(C)C4)c(F)c3)c(F)cc2[nH]1)C(C)C. The zero-order valence-corrected chi connectivity index (χ0v) is 42.7. The number of alkyl carbamates (subject to hydrolysis) is 2. The predicted molar refractivity (Wildman–Crippen MR) is 267 cm³/mol. The van der Waals surface area contributed by atoms with E-state index < -0.39 is 71.7 Å². The van der Waals surface area contributed by atoms with Crippen molar-refractivity contribution >= 4 is 57.4 Å². The van der Waals surface area contributed by atoms with Crippen molar-refractivity contribution in [1.29, 1.82) is 0 Å². The van der Waals surface area contributed by atoms with Crippen LogP contribution in [0.2, 0.25) is 0 Å². The molecule has 4 N–H and O–H groups in total. The zero-order chi connectivity index (χ0) is 52.2. The number of amides is 4. The lowest BCUT2D eigenvalue weighted by Crippen LogP contribution is -2.51. The van der Waals surface area contributed by atoms with E-state index in [-0.39, 0.29) is 70.8 Å². The minimum absolute atomic E-state index is 0.106. The van der Waals surface area contributed by atoms with Gasteiger partial charge >= 0.3 is 12.2 Å². The number of H-pyrrole nitrogens is 2. The van der Waals surface area contributed by atoms with Crippen LogP contribution in [-0.4, -0.2) is 106 Å². The fourth-order valence-corrected chi connectivity index (χ4v) is 12.0. The molecule has 20 heteroatoms. The van der Waals surface area contributed by atoms with Gasteiger partial charge in [-0.15, -0.1) is 0 Å². The van der Waals surface area contributed by atoms with E-state index in [9.17, 15) is 19.2 Å². The second kappa shape index (κ2) is 20.7. The van der Waals surface area contributed by atoms with Gasteiger partial charge in [-0.25, -0.2) is 37.1 Å². The van der Waals surface area contributed by atoms with Crippen molar-refractivity contribution in [3.63, 3.8) is 0 Å². The molecule has 8 atom stereocenters. The number of likely N-dealkylation sites (tertiary alicyclic amines) is 2. The number of aromatic amines is 2. The summed E-state index contributed by atoms with van der Waals surface area (Å²) in [4.78, 5) is 75.3. The fourth-order valence-electron chi connectivity index (χ4n) is 12.0. The minimum Gasteiger partial charge on any atom is -0.453 e. The van der Waals surface area contributed by atoms with Crippen LogP contribution in [0.5, 0.6) is 0 Å². The van der Waals surface area contributed by atoms with Crippen molar-refractivity contribution in [2.45, 2.75) is 123 Å². The van der Waals surface area contributed by atoms with Crippen LogP contribution in [-0.2, 0) is 19.1 Å². The Kier molecular flexibility index (Phi) is 14.6. The molecule has 0 saturated carbocycles. The highest BCUT2D eigenvalue weighted by Gasteiger charge is 2.42. The third-order valence-corrected chi connectivity index (χ3v) is 15.3. The van der Waals surface area contributed by atoms with E-state index in [4.69, 9.17) is 19.4 Å². The molecule has 2 aromatic heterocycles. The van der Waals surface area contributed by atoms with Gasteiger partial charge in [0, 0.05) is 43.0 Å². The van der Waals surface area contributed by atoms with Gasteiger partial charge in [0.15, 0.2) is 11.6 Å². The Morgan fingerprint density at radius 1 is 0.616 bits per heavy atom. The van der Waals surface area contributed by atoms with Crippen LogP contribution in [0, 0.1) is 46.9 Å². The van der Waals surface area contributed by atoms with Crippen LogP contribution in [0.4, 0.5) is 38.5 Å². The largest absolute Gasteiger partial charge is 0.453 e. The lowest BCUT2D eigenvalue weighted by Gasteiger charge is -2.38. The molecule has 4 amide bonds. The van der Waals surface area contributed by atoms with Crippen molar-refractivity contribution < 1.29 is 46.2 Å². The van der Waals surface area contributed by atoms with E-state index in [1.807, 2.05) is 27.7 Å². The number of halogens is 4. The van der Waals surface area contributed by atoms with Gasteiger partial charge in [-0.2, -0.15) is 0 Å². The summed E-state index contributed by atoms with van der Waals surface area (Å²) >= 11 is 0. The van der Waals surface area contributed by atoms with Crippen molar-refractivity contribution in [1.82, 2.24) is 40.4 Å². The normalized spacial score (nSPS) is 23.3. The van der Waals surface area contributed by atoms with Crippen LogP contribution in [0.3, 0.4) is 0 Å². The summed E-state index contributed by atoms with van der Waals surface area (Å²) in [6.45, 7) is 13.2. The summed E-state index contributed by atoms with van der Waals surface area (Å²) in [6, 6.07) is 4.02. The number of anilines is 2. The first-order valence-electron chi connectivity index (χ1n) is 25.6. The maximum absolute atomic E-state index is 16.9. The molecule has 6 heterocycles. The highest BCUT2D eigenvalue weighted by molar-refractivity contribution is 5.88. The summed E-state index contributed by atoms with van der Waals surface area (Å²) in [5.41, 5.74) is 1.91. The second-order valence-corrected chi connectivity index (χ2v) is 21.2. The highest BCUT2D eigenvalue weighted by atomic mass is 19.1. The second-order valence-electron chi connectivity index (χ2n) is 21.2. The molecule has 0 bridgehead atoms. The molecule has 0 spiro atoms. The first kappa shape index (κ1) is 51.3. The van der Waals surface area contributed by atoms with Gasteiger partial charge in [-0.05, 0) is 105 Å². The smallest absolute Gasteiger partial charge is 0.407 e.